The molecule has 1 aliphatic carbocycles. The zero-order valence-electron chi connectivity index (χ0n) is 35.8. The zero-order valence-corrected chi connectivity index (χ0v) is 36.7. The molecule has 0 saturated heterocycles. The summed E-state index contributed by atoms with van der Waals surface area (Å²) in [6.07, 6.45) is 16.7. The average molecular weight is 851 g/mol. The summed E-state index contributed by atoms with van der Waals surface area (Å²) in [5.74, 6) is -1.43. The highest BCUT2D eigenvalue weighted by molar-refractivity contribution is 7.47. The van der Waals surface area contributed by atoms with Crippen LogP contribution >= 0.6 is 7.82 Å². The molecule has 1 aliphatic rings. The van der Waals surface area contributed by atoms with E-state index in [9.17, 15) is 44.3 Å². The number of hydrogen-bond donors (Lipinski definition) is 6. The molecule has 1 rings (SSSR count). The lowest BCUT2D eigenvalue weighted by atomic mass is 9.87. The molecule has 0 radical (unpaired) electrons. The zero-order chi connectivity index (χ0) is 43.2. The number of Topliss-reactive ketones (excluding diaryl/α,β-unsaturated/α-hetero) is 1. The van der Waals surface area contributed by atoms with Crippen LogP contribution in [0.1, 0.15) is 168 Å². The lowest BCUT2D eigenvalue weighted by molar-refractivity contribution is -0.161. The fraction of sp³-hybridized carbons (Fsp3) is 0.884. The van der Waals surface area contributed by atoms with Gasteiger partial charge in [-0.1, -0.05) is 123 Å². The van der Waals surface area contributed by atoms with Crippen LogP contribution in [0.2, 0.25) is 0 Å². The molecule has 0 heterocycles. The van der Waals surface area contributed by atoms with Gasteiger partial charge in [-0.05, 0) is 31.6 Å². The largest absolute Gasteiger partial charge is 0.472 e. The summed E-state index contributed by atoms with van der Waals surface area (Å²) in [5.41, 5.74) is 0. The first-order chi connectivity index (χ1) is 27.7. The fourth-order valence-corrected chi connectivity index (χ4v) is 7.81. The minimum Gasteiger partial charge on any atom is -0.462 e. The molecule has 2 unspecified atom stereocenters. The van der Waals surface area contributed by atoms with Crippen molar-refractivity contribution in [2.24, 2.45) is 17.8 Å². The summed E-state index contributed by atoms with van der Waals surface area (Å²) in [4.78, 5) is 48.0. The maximum atomic E-state index is 12.8. The second-order valence-corrected chi connectivity index (χ2v) is 17.7. The number of carbonyl (C=O) groups excluding carboxylic acids is 3. The molecule has 0 amide bonds. The monoisotopic (exact) mass is 851 g/mol. The second kappa shape index (κ2) is 33.0. The number of ketones is 1. The number of hydrogen-bond acceptors (Lipinski definition) is 13. The van der Waals surface area contributed by atoms with E-state index in [-0.39, 0.29) is 37.9 Å². The summed E-state index contributed by atoms with van der Waals surface area (Å²) in [7, 11) is -4.71. The molecule has 1 fully saturated rings. The summed E-state index contributed by atoms with van der Waals surface area (Å²) < 4.78 is 32.6. The van der Waals surface area contributed by atoms with Crippen molar-refractivity contribution >= 4 is 25.5 Å². The Kier molecular flexibility index (Phi) is 30.8. The van der Waals surface area contributed by atoms with Crippen LogP contribution in [-0.2, 0) is 37.5 Å². The van der Waals surface area contributed by atoms with Crippen molar-refractivity contribution in [2.45, 2.75) is 199 Å². The molecule has 58 heavy (non-hydrogen) atoms. The normalized spacial score (nSPS) is 21.4. The first-order valence-corrected chi connectivity index (χ1v) is 23.7. The van der Waals surface area contributed by atoms with Crippen molar-refractivity contribution < 1.29 is 67.9 Å². The molecule has 0 aromatic rings. The molecule has 9 atom stereocenters. The molecule has 0 aliphatic heterocycles. The van der Waals surface area contributed by atoms with Gasteiger partial charge in [0.25, 0.3) is 0 Å². The van der Waals surface area contributed by atoms with Crippen LogP contribution in [-0.4, -0.2) is 105 Å². The smallest absolute Gasteiger partial charge is 0.462 e. The Morgan fingerprint density at radius 1 is 0.741 bits per heavy atom. The summed E-state index contributed by atoms with van der Waals surface area (Å²) >= 11 is 0. The van der Waals surface area contributed by atoms with E-state index < -0.39 is 88.5 Å². The molecule has 0 bridgehead atoms. The van der Waals surface area contributed by atoms with E-state index in [1.807, 2.05) is 0 Å². The highest BCUT2D eigenvalue weighted by Crippen LogP contribution is 2.43. The third-order valence-corrected chi connectivity index (χ3v) is 11.9. The van der Waals surface area contributed by atoms with Gasteiger partial charge in [-0.2, -0.15) is 0 Å². The van der Waals surface area contributed by atoms with Crippen molar-refractivity contribution in [3.05, 3.63) is 12.2 Å². The van der Waals surface area contributed by atoms with Gasteiger partial charge >= 0.3 is 19.8 Å². The van der Waals surface area contributed by atoms with Crippen LogP contribution in [0.15, 0.2) is 12.2 Å². The van der Waals surface area contributed by atoms with Gasteiger partial charge in [-0.15, -0.1) is 0 Å². The van der Waals surface area contributed by atoms with Gasteiger partial charge in [0.15, 0.2) is 6.10 Å². The summed E-state index contributed by atoms with van der Waals surface area (Å²) in [6.45, 7) is 4.17. The number of rotatable bonds is 37. The van der Waals surface area contributed by atoms with Gasteiger partial charge in [0.05, 0.1) is 38.1 Å². The Morgan fingerprint density at radius 2 is 1.31 bits per heavy atom. The predicted octanol–water partition coefficient (Wildman–Crippen LogP) is 7.03. The predicted molar refractivity (Wildman–Crippen MR) is 222 cm³/mol. The third kappa shape index (κ3) is 27.2. The third-order valence-electron chi connectivity index (χ3n) is 10.9. The van der Waals surface area contributed by atoms with Crippen molar-refractivity contribution in [1.29, 1.82) is 0 Å². The van der Waals surface area contributed by atoms with Crippen LogP contribution in [0.4, 0.5) is 0 Å². The highest BCUT2D eigenvalue weighted by Gasteiger charge is 2.41. The second-order valence-electron chi connectivity index (χ2n) is 16.3. The van der Waals surface area contributed by atoms with Crippen LogP contribution in [0.25, 0.3) is 0 Å². The Morgan fingerprint density at radius 3 is 1.95 bits per heavy atom. The number of aliphatic hydroxyl groups excluding tert-OH is 5. The van der Waals surface area contributed by atoms with E-state index in [4.69, 9.17) is 19.1 Å². The number of phosphoric acid groups is 1. The first-order valence-electron chi connectivity index (χ1n) is 22.2. The van der Waals surface area contributed by atoms with Gasteiger partial charge < -0.3 is 39.9 Å². The Hall–Kier alpha value is -1.74. The SMILES string of the molecule is CCCCC[C@H](O)/C=C/[C@@H]1[C@@H](CC(=O)CCCCC(=O)OC[C@H](COP(=O)(O)OC[C@@H](O)CO)OC(=O)CCCCCCCCCCCCC(C)CC)[C@@H](O)C[C@H]1O. The number of phosphoric ester groups is 1. The van der Waals surface area contributed by atoms with Crippen molar-refractivity contribution in [3.8, 4) is 0 Å². The van der Waals surface area contributed by atoms with Crippen molar-refractivity contribution in [2.75, 3.05) is 26.4 Å². The van der Waals surface area contributed by atoms with Crippen LogP contribution in [0, 0.1) is 17.8 Å². The molecule has 0 spiro atoms. The Bertz CT molecular complexity index is 1170. The molecule has 0 aromatic heterocycles. The van der Waals surface area contributed by atoms with E-state index in [0.717, 1.165) is 50.9 Å². The molecule has 1 saturated carbocycles. The Balaban J connectivity index is 2.49. The van der Waals surface area contributed by atoms with E-state index in [2.05, 4.69) is 25.3 Å². The fourth-order valence-electron chi connectivity index (χ4n) is 7.02. The lowest BCUT2D eigenvalue weighted by Crippen LogP contribution is -2.29. The van der Waals surface area contributed by atoms with E-state index >= 15 is 0 Å². The maximum Gasteiger partial charge on any atom is 0.472 e. The van der Waals surface area contributed by atoms with E-state index in [1.165, 1.54) is 44.9 Å². The van der Waals surface area contributed by atoms with Crippen molar-refractivity contribution in [3.63, 3.8) is 0 Å². The van der Waals surface area contributed by atoms with Gasteiger partial charge in [0, 0.05) is 43.9 Å². The quantitative estimate of drug-likeness (QED) is 0.0160. The van der Waals surface area contributed by atoms with Gasteiger partial charge in [0.2, 0.25) is 0 Å². The van der Waals surface area contributed by atoms with E-state index in [1.54, 1.807) is 12.2 Å². The van der Waals surface area contributed by atoms with Gasteiger partial charge in [0.1, 0.15) is 18.5 Å². The van der Waals surface area contributed by atoms with Crippen LogP contribution in [0.5, 0.6) is 0 Å². The standard InChI is InChI=1S/C43H79O14P/c1-4-6-15-21-34(45)25-26-38-39(41(49)28-40(38)48)27-35(46)22-18-19-23-42(50)54-31-37(32-56-58(52,53)55-30-36(47)29-44)57-43(51)24-17-14-12-10-8-7-9-11-13-16-20-33(3)5-2/h25-26,33-34,36-41,44-45,47-49H,4-24,27-32H2,1-3H3,(H,52,53)/b26-25+/t33?,34-,36-,37+,38+,39+,40+,41-/m0/s1. The molecular weight excluding hydrogens is 771 g/mol. The highest BCUT2D eigenvalue weighted by atomic mass is 31.2. The number of carbonyl (C=O) groups is 3. The van der Waals surface area contributed by atoms with Gasteiger partial charge in [-0.25, -0.2) is 4.57 Å². The minimum absolute atomic E-state index is 0.0419. The number of unbranched alkanes of at least 4 members (excludes halogenated alkanes) is 12. The van der Waals surface area contributed by atoms with Gasteiger partial charge in [-0.3, -0.25) is 23.4 Å². The van der Waals surface area contributed by atoms with Crippen LogP contribution < -0.4 is 0 Å². The molecule has 0 aromatic carbocycles. The first kappa shape index (κ1) is 54.3. The number of esters is 2. The van der Waals surface area contributed by atoms with Crippen LogP contribution in [0.3, 0.4) is 0 Å². The maximum absolute atomic E-state index is 12.8. The number of ether oxygens (including phenoxy) is 2. The minimum atomic E-state index is -4.71. The summed E-state index contributed by atoms with van der Waals surface area (Å²) in [6, 6.07) is 0. The molecule has 14 nitrogen and oxygen atoms in total. The molecular formula is C43H79O14P. The average Bonchev–Trinajstić information content (AvgIpc) is 3.46. The summed E-state index contributed by atoms with van der Waals surface area (Å²) in [5, 5.41) is 49.6. The Labute approximate surface area is 348 Å². The topological polar surface area (TPSA) is 227 Å². The molecule has 340 valence electrons. The van der Waals surface area contributed by atoms with Crippen molar-refractivity contribution in [1.82, 2.24) is 0 Å². The molecule has 15 heteroatoms. The lowest BCUT2D eigenvalue weighted by Gasteiger charge is -2.20. The number of aliphatic hydroxyl groups is 5. The van der Waals surface area contributed by atoms with E-state index in [0.29, 0.717) is 25.7 Å². The molecule has 6 N–H and O–H groups in total.